The molecule has 5 heteroatoms. The molecule has 1 unspecified atom stereocenters. The molecule has 0 saturated heterocycles. The Labute approximate surface area is 126 Å². The minimum atomic E-state index is -0.369. The molecule has 3 nitrogen and oxygen atoms in total. The lowest BCUT2D eigenvalue weighted by Gasteiger charge is -2.17. The molecule has 0 amide bonds. The van der Waals surface area contributed by atoms with E-state index < -0.39 is 0 Å². The van der Waals surface area contributed by atoms with E-state index in [1.807, 2.05) is 12.1 Å². The molecule has 1 heterocycles. The van der Waals surface area contributed by atoms with E-state index in [0.717, 1.165) is 24.3 Å². The van der Waals surface area contributed by atoms with E-state index in [9.17, 15) is 4.39 Å². The van der Waals surface area contributed by atoms with Crippen LogP contribution in [0.3, 0.4) is 0 Å². The minimum absolute atomic E-state index is 0.129. The molecule has 0 fully saturated rings. The quantitative estimate of drug-likeness (QED) is 0.851. The van der Waals surface area contributed by atoms with Gasteiger partial charge in [-0.1, -0.05) is 13.0 Å². The van der Waals surface area contributed by atoms with Crippen LogP contribution < -0.4 is 10.1 Å². The zero-order valence-corrected chi connectivity index (χ0v) is 13.0. The average molecular weight is 342 g/mol. The van der Waals surface area contributed by atoms with Crippen molar-refractivity contribution in [2.45, 2.75) is 19.4 Å². The van der Waals surface area contributed by atoms with Gasteiger partial charge in [0.15, 0.2) is 16.2 Å². The molecule has 1 aromatic carbocycles. The van der Waals surface area contributed by atoms with Crippen LogP contribution in [-0.4, -0.2) is 13.7 Å². The fourth-order valence-electron chi connectivity index (χ4n) is 2.01. The van der Waals surface area contributed by atoms with Crippen LogP contribution in [0.15, 0.2) is 39.4 Å². The van der Waals surface area contributed by atoms with E-state index in [4.69, 9.17) is 9.15 Å². The molecule has 0 spiro atoms. The van der Waals surface area contributed by atoms with Gasteiger partial charge in [0.1, 0.15) is 5.76 Å². The van der Waals surface area contributed by atoms with E-state index in [2.05, 4.69) is 28.2 Å². The Balaban J connectivity index is 2.35. The summed E-state index contributed by atoms with van der Waals surface area (Å²) in [5.74, 6) is 0.640. The Hall–Kier alpha value is -1.33. The third kappa shape index (κ3) is 3.41. The molecule has 0 aliphatic carbocycles. The lowest BCUT2D eigenvalue weighted by molar-refractivity contribution is 0.383. The van der Waals surface area contributed by atoms with Crippen molar-refractivity contribution in [3.63, 3.8) is 0 Å². The summed E-state index contributed by atoms with van der Waals surface area (Å²) in [6.45, 7) is 2.93. The van der Waals surface area contributed by atoms with Gasteiger partial charge in [-0.05, 0) is 58.7 Å². The highest BCUT2D eigenvalue weighted by molar-refractivity contribution is 9.10. The summed E-state index contributed by atoms with van der Waals surface area (Å²) in [4.78, 5) is 0. The molecular formula is C15H17BrFNO2. The maximum absolute atomic E-state index is 13.5. The smallest absolute Gasteiger partial charge is 0.169 e. The molecule has 20 heavy (non-hydrogen) atoms. The number of methoxy groups -OCH3 is 1. The fourth-order valence-corrected chi connectivity index (χ4v) is 2.33. The second kappa shape index (κ2) is 6.90. The predicted molar refractivity (Wildman–Crippen MR) is 79.5 cm³/mol. The third-order valence-electron chi connectivity index (χ3n) is 2.99. The largest absolute Gasteiger partial charge is 0.494 e. The van der Waals surface area contributed by atoms with E-state index in [-0.39, 0.29) is 17.6 Å². The summed E-state index contributed by atoms with van der Waals surface area (Å²) < 4.78 is 24.8. The van der Waals surface area contributed by atoms with Crippen LogP contribution in [0.1, 0.15) is 30.7 Å². The fraction of sp³-hybridized carbons (Fsp3) is 0.333. The van der Waals surface area contributed by atoms with E-state index in [0.29, 0.717) is 4.67 Å². The van der Waals surface area contributed by atoms with Gasteiger partial charge in [-0.3, -0.25) is 0 Å². The molecule has 1 N–H and O–H groups in total. The van der Waals surface area contributed by atoms with Gasteiger partial charge in [-0.2, -0.15) is 0 Å². The second-order valence-electron chi connectivity index (χ2n) is 4.42. The van der Waals surface area contributed by atoms with E-state index >= 15 is 0 Å². The van der Waals surface area contributed by atoms with Crippen LogP contribution >= 0.6 is 15.9 Å². The molecule has 0 aliphatic heterocycles. The van der Waals surface area contributed by atoms with Gasteiger partial charge in [0, 0.05) is 0 Å². The zero-order valence-electron chi connectivity index (χ0n) is 11.5. The Morgan fingerprint density at radius 2 is 2.15 bits per heavy atom. The zero-order chi connectivity index (χ0) is 14.5. The van der Waals surface area contributed by atoms with E-state index in [1.54, 1.807) is 12.1 Å². The van der Waals surface area contributed by atoms with Crippen molar-refractivity contribution in [1.29, 1.82) is 0 Å². The molecule has 1 atom stereocenters. The van der Waals surface area contributed by atoms with Crippen LogP contribution in [0, 0.1) is 5.82 Å². The first-order valence-electron chi connectivity index (χ1n) is 6.47. The Morgan fingerprint density at radius 1 is 1.35 bits per heavy atom. The molecule has 2 aromatic rings. The van der Waals surface area contributed by atoms with Crippen molar-refractivity contribution in [2.24, 2.45) is 0 Å². The summed E-state index contributed by atoms with van der Waals surface area (Å²) in [6.07, 6.45) is 0.997. The molecule has 0 aliphatic rings. The topological polar surface area (TPSA) is 34.4 Å². The van der Waals surface area contributed by atoms with Gasteiger partial charge in [-0.25, -0.2) is 4.39 Å². The molecule has 108 valence electrons. The van der Waals surface area contributed by atoms with Gasteiger partial charge < -0.3 is 14.5 Å². The van der Waals surface area contributed by atoms with Gasteiger partial charge in [0.2, 0.25) is 0 Å². The van der Waals surface area contributed by atoms with Crippen molar-refractivity contribution in [1.82, 2.24) is 5.32 Å². The first kappa shape index (κ1) is 15.1. The lowest BCUT2D eigenvalue weighted by atomic mass is 10.0. The predicted octanol–water partition coefficient (Wildman–Crippen LogP) is 4.28. The number of benzene rings is 1. The number of ether oxygens (including phenoxy) is 1. The number of halogens is 2. The molecule has 0 radical (unpaired) electrons. The Kier molecular flexibility index (Phi) is 5.20. The Bertz CT molecular complexity index is 571. The van der Waals surface area contributed by atoms with Crippen molar-refractivity contribution in [2.75, 3.05) is 13.7 Å². The van der Waals surface area contributed by atoms with Gasteiger partial charge in [0.05, 0.1) is 13.2 Å². The maximum atomic E-state index is 13.5. The lowest BCUT2D eigenvalue weighted by Crippen LogP contribution is -2.22. The molecule has 0 saturated carbocycles. The van der Waals surface area contributed by atoms with E-state index in [1.165, 1.54) is 13.2 Å². The highest BCUT2D eigenvalue weighted by Crippen LogP contribution is 2.29. The molecule has 0 bridgehead atoms. The summed E-state index contributed by atoms with van der Waals surface area (Å²) in [7, 11) is 1.46. The Morgan fingerprint density at radius 3 is 2.75 bits per heavy atom. The maximum Gasteiger partial charge on any atom is 0.169 e. The van der Waals surface area contributed by atoms with Gasteiger partial charge in [0.25, 0.3) is 0 Å². The SMILES string of the molecule is CCCNC(c1ccc(F)c(OC)c1)c1ccc(Br)o1. The van der Waals surface area contributed by atoms with Crippen LogP contribution in [0.25, 0.3) is 0 Å². The third-order valence-corrected chi connectivity index (χ3v) is 3.41. The molecule has 2 rings (SSSR count). The van der Waals surface area contributed by atoms with Crippen molar-refractivity contribution < 1.29 is 13.5 Å². The summed E-state index contributed by atoms with van der Waals surface area (Å²) in [5, 5.41) is 3.39. The number of hydrogen-bond donors (Lipinski definition) is 1. The van der Waals surface area contributed by atoms with Gasteiger partial charge >= 0.3 is 0 Å². The van der Waals surface area contributed by atoms with Crippen LogP contribution in [0.5, 0.6) is 5.75 Å². The first-order chi connectivity index (χ1) is 9.65. The number of rotatable bonds is 6. The van der Waals surface area contributed by atoms with Crippen LogP contribution in [0.4, 0.5) is 4.39 Å². The van der Waals surface area contributed by atoms with Crippen molar-refractivity contribution >= 4 is 15.9 Å². The molecule has 1 aromatic heterocycles. The second-order valence-corrected chi connectivity index (χ2v) is 5.20. The number of hydrogen-bond acceptors (Lipinski definition) is 3. The van der Waals surface area contributed by atoms with Crippen molar-refractivity contribution in [3.8, 4) is 5.75 Å². The molecular weight excluding hydrogens is 325 g/mol. The summed E-state index contributed by atoms with van der Waals surface area (Å²) in [5.41, 5.74) is 0.901. The van der Waals surface area contributed by atoms with Gasteiger partial charge in [-0.15, -0.1) is 0 Å². The first-order valence-corrected chi connectivity index (χ1v) is 7.27. The standard InChI is InChI=1S/C15H17BrFNO2/c1-3-8-18-15(12-6-7-14(16)20-12)10-4-5-11(17)13(9-10)19-2/h4-7,9,15,18H,3,8H2,1-2H3. The summed E-state index contributed by atoms with van der Waals surface area (Å²) >= 11 is 3.30. The highest BCUT2D eigenvalue weighted by atomic mass is 79.9. The normalized spacial score (nSPS) is 12.4. The number of furan rings is 1. The highest BCUT2D eigenvalue weighted by Gasteiger charge is 2.18. The van der Waals surface area contributed by atoms with Crippen LogP contribution in [-0.2, 0) is 0 Å². The minimum Gasteiger partial charge on any atom is -0.494 e. The monoisotopic (exact) mass is 341 g/mol. The van der Waals surface area contributed by atoms with Crippen molar-refractivity contribution in [3.05, 3.63) is 52.1 Å². The summed E-state index contributed by atoms with van der Waals surface area (Å²) in [6, 6.07) is 8.45. The van der Waals surface area contributed by atoms with Crippen LogP contribution in [0.2, 0.25) is 0 Å². The average Bonchev–Trinajstić information content (AvgIpc) is 2.87. The number of nitrogens with one attached hydrogen (secondary N) is 1.